The van der Waals surface area contributed by atoms with Crippen LogP contribution < -0.4 is 4.90 Å². The summed E-state index contributed by atoms with van der Waals surface area (Å²) in [5, 5.41) is 9.35. The first-order valence-electron chi connectivity index (χ1n) is 5.74. The zero-order chi connectivity index (χ0) is 12.8. The molecule has 96 valence electrons. The van der Waals surface area contributed by atoms with Crippen molar-refractivity contribution in [2.75, 3.05) is 32.2 Å². The normalized spacial score (nSPS) is 12.5. The van der Waals surface area contributed by atoms with Gasteiger partial charge >= 0.3 is 0 Å². The number of hydrogen-bond donors (Lipinski definition) is 1. The molecule has 17 heavy (non-hydrogen) atoms. The zero-order valence-corrected chi connectivity index (χ0v) is 10.6. The van der Waals surface area contributed by atoms with Crippen LogP contribution in [0.1, 0.15) is 25.0 Å². The molecule has 0 amide bonds. The maximum atomic E-state index is 13.8. The number of aliphatic hydroxyl groups is 1. The van der Waals surface area contributed by atoms with Crippen LogP contribution in [0.5, 0.6) is 0 Å². The van der Waals surface area contributed by atoms with Gasteiger partial charge in [0.25, 0.3) is 0 Å². The Morgan fingerprint density at radius 2 is 2.18 bits per heavy atom. The van der Waals surface area contributed by atoms with E-state index in [1.165, 1.54) is 6.07 Å². The Hall–Kier alpha value is -1.13. The van der Waals surface area contributed by atoms with Crippen molar-refractivity contribution in [3.8, 4) is 0 Å². The number of rotatable bonds is 6. The van der Waals surface area contributed by atoms with Crippen LogP contribution in [-0.2, 0) is 4.74 Å². The quantitative estimate of drug-likeness (QED) is 0.776. The van der Waals surface area contributed by atoms with Crippen molar-refractivity contribution in [2.24, 2.45) is 0 Å². The first-order chi connectivity index (χ1) is 8.06. The van der Waals surface area contributed by atoms with Crippen molar-refractivity contribution < 1.29 is 14.2 Å². The number of aliphatic hydroxyl groups excluding tert-OH is 1. The van der Waals surface area contributed by atoms with Gasteiger partial charge in [0.1, 0.15) is 5.82 Å². The van der Waals surface area contributed by atoms with Crippen LogP contribution in [-0.4, -0.2) is 32.4 Å². The van der Waals surface area contributed by atoms with Crippen molar-refractivity contribution in [3.05, 3.63) is 29.6 Å². The minimum Gasteiger partial charge on any atom is -0.389 e. The third kappa shape index (κ3) is 3.98. The molecule has 1 rings (SSSR count). The fraction of sp³-hybridized carbons (Fsp3) is 0.538. The van der Waals surface area contributed by atoms with E-state index in [4.69, 9.17) is 4.74 Å². The van der Waals surface area contributed by atoms with Crippen LogP contribution in [0.3, 0.4) is 0 Å². The third-order valence-electron chi connectivity index (χ3n) is 2.71. The van der Waals surface area contributed by atoms with Crippen molar-refractivity contribution in [1.82, 2.24) is 0 Å². The molecular weight excluding hydrogens is 221 g/mol. The lowest BCUT2D eigenvalue weighted by atomic mass is 10.1. The van der Waals surface area contributed by atoms with Crippen molar-refractivity contribution in [1.29, 1.82) is 0 Å². The number of benzene rings is 1. The smallest absolute Gasteiger partial charge is 0.146 e. The SMILES string of the molecule is COCCCN(C)c1ccc([C@@H](C)O)cc1F. The molecule has 1 N–H and O–H groups in total. The molecule has 0 spiro atoms. The number of anilines is 1. The standard InChI is InChI=1S/C13H20FNO2/c1-10(16)11-5-6-13(12(14)9-11)15(2)7-4-8-17-3/h5-6,9-10,16H,4,7-8H2,1-3H3/t10-/m1/s1. The Kier molecular flexibility index (Phi) is 5.38. The average molecular weight is 241 g/mol. The predicted molar refractivity (Wildman–Crippen MR) is 66.8 cm³/mol. The first-order valence-corrected chi connectivity index (χ1v) is 5.74. The van der Waals surface area contributed by atoms with E-state index in [-0.39, 0.29) is 5.82 Å². The average Bonchev–Trinajstić information content (AvgIpc) is 2.28. The molecule has 4 heteroatoms. The molecule has 0 heterocycles. The van der Waals surface area contributed by atoms with Crippen LogP contribution >= 0.6 is 0 Å². The Morgan fingerprint density at radius 1 is 1.47 bits per heavy atom. The van der Waals surface area contributed by atoms with E-state index in [1.807, 2.05) is 11.9 Å². The van der Waals surface area contributed by atoms with Crippen molar-refractivity contribution >= 4 is 5.69 Å². The molecule has 0 aliphatic carbocycles. The molecule has 1 atom stereocenters. The minimum absolute atomic E-state index is 0.302. The summed E-state index contributed by atoms with van der Waals surface area (Å²) < 4.78 is 18.7. The second-order valence-corrected chi connectivity index (χ2v) is 4.15. The zero-order valence-electron chi connectivity index (χ0n) is 10.6. The highest BCUT2D eigenvalue weighted by molar-refractivity contribution is 5.48. The molecule has 0 aliphatic rings. The fourth-order valence-corrected chi connectivity index (χ4v) is 1.66. The highest BCUT2D eigenvalue weighted by atomic mass is 19.1. The van der Waals surface area contributed by atoms with Gasteiger partial charge in [-0.15, -0.1) is 0 Å². The molecule has 0 aromatic heterocycles. The summed E-state index contributed by atoms with van der Waals surface area (Å²) in [5.41, 5.74) is 1.14. The Labute approximate surface area is 102 Å². The largest absolute Gasteiger partial charge is 0.389 e. The van der Waals surface area contributed by atoms with Crippen molar-refractivity contribution in [2.45, 2.75) is 19.4 Å². The van der Waals surface area contributed by atoms with Gasteiger partial charge in [-0.3, -0.25) is 0 Å². The molecule has 0 radical (unpaired) electrons. The molecular formula is C13H20FNO2. The van der Waals surface area contributed by atoms with Crippen LogP contribution in [0.2, 0.25) is 0 Å². The molecule has 0 fully saturated rings. The Bertz CT molecular complexity index is 355. The number of hydrogen-bond acceptors (Lipinski definition) is 3. The predicted octanol–water partition coefficient (Wildman–Crippen LogP) is 2.35. The molecule has 3 nitrogen and oxygen atoms in total. The molecule has 1 aromatic carbocycles. The van der Waals surface area contributed by atoms with E-state index in [0.29, 0.717) is 17.9 Å². The topological polar surface area (TPSA) is 32.7 Å². The lowest BCUT2D eigenvalue weighted by Gasteiger charge is -2.20. The number of ether oxygens (including phenoxy) is 1. The maximum absolute atomic E-state index is 13.8. The minimum atomic E-state index is -0.641. The number of halogens is 1. The molecule has 0 saturated carbocycles. The van der Waals surface area contributed by atoms with Gasteiger partial charge in [-0.05, 0) is 31.0 Å². The number of methoxy groups -OCH3 is 1. The highest BCUT2D eigenvalue weighted by Gasteiger charge is 2.10. The van der Waals surface area contributed by atoms with Crippen LogP contribution in [0.15, 0.2) is 18.2 Å². The van der Waals surface area contributed by atoms with Gasteiger partial charge in [0.05, 0.1) is 11.8 Å². The lowest BCUT2D eigenvalue weighted by molar-refractivity contribution is 0.196. The van der Waals surface area contributed by atoms with Gasteiger partial charge in [-0.2, -0.15) is 0 Å². The maximum Gasteiger partial charge on any atom is 0.146 e. The van der Waals surface area contributed by atoms with Gasteiger partial charge in [-0.1, -0.05) is 6.07 Å². The summed E-state index contributed by atoms with van der Waals surface area (Å²) in [6.45, 7) is 3.02. The molecule has 0 aliphatic heterocycles. The van der Waals surface area contributed by atoms with Gasteiger partial charge in [-0.25, -0.2) is 4.39 Å². The second kappa shape index (κ2) is 6.57. The number of nitrogens with zero attached hydrogens (tertiary/aromatic N) is 1. The Morgan fingerprint density at radius 3 is 2.71 bits per heavy atom. The summed E-state index contributed by atoms with van der Waals surface area (Å²) in [4.78, 5) is 1.85. The van der Waals surface area contributed by atoms with E-state index in [1.54, 1.807) is 26.2 Å². The van der Waals surface area contributed by atoms with Crippen LogP contribution in [0.4, 0.5) is 10.1 Å². The summed E-state index contributed by atoms with van der Waals surface area (Å²) in [7, 11) is 3.49. The lowest BCUT2D eigenvalue weighted by Crippen LogP contribution is -2.21. The Balaban J connectivity index is 2.70. The van der Waals surface area contributed by atoms with Crippen molar-refractivity contribution in [3.63, 3.8) is 0 Å². The summed E-state index contributed by atoms with van der Waals surface area (Å²) in [5.74, 6) is -0.302. The first kappa shape index (κ1) is 13.9. The third-order valence-corrected chi connectivity index (χ3v) is 2.71. The van der Waals surface area contributed by atoms with Crippen LogP contribution in [0, 0.1) is 5.82 Å². The fourth-order valence-electron chi connectivity index (χ4n) is 1.66. The monoisotopic (exact) mass is 241 g/mol. The van der Waals surface area contributed by atoms with E-state index in [9.17, 15) is 9.50 Å². The molecule has 1 aromatic rings. The highest BCUT2D eigenvalue weighted by Crippen LogP contribution is 2.22. The van der Waals surface area contributed by atoms with Gasteiger partial charge < -0.3 is 14.7 Å². The van der Waals surface area contributed by atoms with E-state index in [0.717, 1.165) is 13.0 Å². The van der Waals surface area contributed by atoms with Crippen LogP contribution in [0.25, 0.3) is 0 Å². The van der Waals surface area contributed by atoms with Gasteiger partial charge in [0, 0.05) is 27.3 Å². The molecule has 0 unspecified atom stereocenters. The summed E-state index contributed by atoms with van der Waals surface area (Å²) in [6.07, 6.45) is 0.210. The van der Waals surface area contributed by atoms with E-state index in [2.05, 4.69) is 0 Å². The van der Waals surface area contributed by atoms with E-state index < -0.39 is 6.10 Å². The van der Waals surface area contributed by atoms with Gasteiger partial charge in [0.2, 0.25) is 0 Å². The van der Waals surface area contributed by atoms with Gasteiger partial charge in [0.15, 0.2) is 0 Å². The summed E-state index contributed by atoms with van der Waals surface area (Å²) >= 11 is 0. The van der Waals surface area contributed by atoms with E-state index >= 15 is 0 Å². The molecule has 0 bridgehead atoms. The second-order valence-electron chi connectivity index (χ2n) is 4.15. The summed E-state index contributed by atoms with van der Waals surface area (Å²) in [6, 6.07) is 4.83. The molecule has 0 saturated heterocycles.